The van der Waals surface area contributed by atoms with E-state index in [0.29, 0.717) is 41.9 Å². The van der Waals surface area contributed by atoms with Gasteiger partial charge in [0.25, 0.3) is 5.91 Å². The third-order valence-electron chi connectivity index (χ3n) is 4.59. The Bertz CT molecular complexity index is 719. The first-order chi connectivity index (χ1) is 11.0. The summed E-state index contributed by atoms with van der Waals surface area (Å²) in [6, 6.07) is 0. The van der Waals surface area contributed by atoms with Crippen LogP contribution in [0, 0.1) is 26.7 Å². The maximum atomic E-state index is 12.7. The van der Waals surface area contributed by atoms with Gasteiger partial charge in [0.2, 0.25) is 11.8 Å². The molecule has 3 atom stereocenters. The van der Waals surface area contributed by atoms with Crippen LogP contribution in [0.5, 0.6) is 0 Å². The smallest absolute Gasteiger partial charge is 0.259 e. The van der Waals surface area contributed by atoms with Crippen molar-refractivity contribution in [2.45, 2.75) is 39.4 Å². The summed E-state index contributed by atoms with van der Waals surface area (Å²) in [4.78, 5) is 14.5. The molecule has 2 saturated heterocycles. The molecular weight excluding hydrogens is 300 g/mol. The summed E-state index contributed by atoms with van der Waals surface area (Å²) < 4.78 is 16.6. The summed E-state index contributed by atoms with van der Waals surface area (Å²) in [5.41, 5.74) is 1.19. The zero-order chi connectivity index (χ0) is 16.1. The molecule has 2 aromatic heterocycles. The molecule has 2 aliphatic rings. The average molecular weight is 318 g/mol. The van der Waals surface area contributed by atoms with Gasteiger partial charge in [0, 0.05) is 25.9 Å². The second-order valence-corrected chi connectivity index (χ2v) is 6.23. The van der Waals surface area contributed by atoms with Crippen LogP contribution in [0.3, 0.4) is 0 Å². The minimum atomic E-state index is -0.164. The standard InChI is InChI=1S/C15H18N4O4/c1-7-13(8(2)23-18-7)15(20)19-5-10-4-11(22-12(10)6-19)14-17-16-9(3)21-14/h10-12H,4-6H2,1-3H3/t10-,11-,12+/m0/s1. The monoisotopic (exact) mass is 318 g/mol. The second kappa shape index (κ2) is 5.16. The molecule has 4 rings (SSSR count). The summed E-state index contributed by atoms with van der Waals surface area (Å²) in [6.07, 6.45) is 0.636. The van der Waals surface area contributed by atoms with Gasteiger partial charge in [-0.15, -0.1) is 10.2 Å². The van der Waals surface area contributed by atoms with Crippen molar-refractivity contribution < 1.29 is 18.5 Å². The topological polar surface area (TPSA) is 94.5 Å². The van der Waals surface area contributed by atoms with Crippen LogP contribution in [0.4, 0.5) is 0 Å². The Morgan fingerprint density at radius 1 is 1.22 bits per heavy atom. The van der Waals surface area contributed by atoms with Crippen molar-refractivity contribution in [3.05, 3.63) is 28.8 Å². The number of ether oxygens (including phenoxy) is 1. The van der Waals surface area contributed by atoms with Crippen LogP contribution >= 0.6 is 0 Å². The Labute approximate surface area is 132 Å². The molecule has 0 aromatic carbocycles. The first-order valence-electron chi connectivity index (χ1n) is 7.70. The molecule has 8 nitrogen and oxygen atoms in total. The normalized spacial score (nSPS) is 26.7. The van der Waals surface area contributed by atoms with Crippen LogP contribution in [-0.4, -0.2) is 45.4 Å². The second-order valence-electron chi connectivity index (χ2n) is 6.23. The van der Waals surface area contributed by atoms with Crippen LogP contribution in [-0.2, 0) is 4.74 Å². The Morgan fingerprint density at radius 2 is 2.04 bits per heavy atom. The van der Waals surface area contributed by atoms with Gasteiger partial charge < -0.3 is 18.6 Å². The van der Waals surface area contributed by atoms with Gasteiger partial charge in [-0.1, -0.05) is 5.16 Å². The molecule has 0 bridgehead atoms. The molecule has 23 heavy (non-hydrogen) atoms. The maximum Gasteiger partial charge on any atom is 0.259 e. The van der Waals surface area contributed by atoms with Crippen molar-refractivity contribution in [2.75, 3.05) is 13.1 Å². The SMILES string of the molecule is Cc1nnc([C@@H]2C[C@H]3CN(C(=O)c4c(C)noc4C)C[C@H]3O2)o1. The first kappa shape index (κ1) is 14.4. The number of hydrogen-bond acceptors (Lipinski definition) is 7. The molecule has 0 spiro atoms. The summed E-state index contributed by atoms with van der Waals surface area (Å²) in [7, 11) is 0. The molecule has 2 fully saturated rings. The van der Waals surface area contributed by atoms with E-state index in [-0.39, 0.29) is 24.0 Å². The van der Waals surface area contributed by atoms with Gasteiger partial charge in [-0.05, 0) is 20.3 Å². The lowest BCUT2D eigenvalue weighted by Gasteiger charge is -2.18. The van der Waals surface area contributed by atoms with Crippen molar-refractivity contribution in [1.29, 1.82) is 0 Å². The average Bonchev–Trinajstić information content (AvgIpc) is 3.22. The van der Waals surface area contributed by atoms with Gasteiger partial charge >= 0.3 is 0 Å². The van der Waals surface area contributed by atoms with E-state index in [1.807, 2.05) is 4.90 Å². The molecule has 8 heteroatoms. The predicted molar refractivity (Wildman–Crippen MR) is 76.6 cm³/mol. The van der Waals surface area contributed by atoms with Gasteiger partial charge in [-0.25, -0.2) is 0 Å². The molecule has 0 radical (unpaired) electrons. The number of fused-ring (bicyclic) bond motifs is 1. The van der Waals surface area contributed by atoms with Crippen molar-refractivity contribution >= 4 is 5.91 Å². The van der Waals surface area contributed by atoms with Gasteiger partial charge in [-0.3, -0.25) is 4.79 Å². The van der Waals surface area contributed by atoms with Crippen LogP contribution in [0.1, 0.15) is 46.1 Å². The maximum absolute atomic E-state index is 12.7. The molecule has 2 aromatic rings. The lowest BCUT2D eigenvalue weighted by Crippen LogP contribution is -2.31. The highest BCUT2D eigenvalue weighted by Gasteiger charge is 2.46. The highest BCUT2D eigenvalue weighted by atomic mass is 16.5. The lowest BCUT2D eigenvalue weighted by atomic mass is 10.0. The van der Waals surface area contributed by atoms with E-state index < -0.39 is 0 Å². The molecule has 0 saturated carbocycles. The van der Waals surface area contributed by atoms with E-state index in [1.54, 1.807) is 20.8 Å². The largest absolute Gasteiger partial charge is 0.423 e. The molecule has 122 valence electrons. The highest BCUT2D eigenvalue weighted by Crippen LogP contribution is 2.40. The summed E-state index contributed by atoms with van der Waals surface area (Å²) >= 11 is 0. The zero-order valence-electron chi connectivity index (χ0n) is 13.3. The van der Waals surface area contributed by atoms with Crippen LogP contribution in [0.15, 0.2) is 8.94 Å². The number of likely N-dealkylation sites (tertiary alicyclic amines) is 1. The van der Waals surface area contributed by atoms with Crippen molar-refractivity contribution in [3.63, 3.8) is 0 Å². The van der Waals surface area contributed by atoms with Crippen LogP contribution in [0.25, 0.3) is 0 Å². The number of rotatable bonds is 2. The minimum absolute atomic E-state index is 0.0108. The van der Waals surface area contributed by atoms with Crippen molar-refractivity contribution in [1.82, 2.24) is 20.3 Å². The fraction of sp³-hybridized carbons (Fsp3) is 0.600. The Morgan fingerprint density at radius 3 is 2.65 bits per heavy atom. The van der Waals surface area contributed by atoms with Crippen LogP contribution in [0.2, 0.25) is 0 Å². The van der Waals surface area contributed by atoms with E-state index in [1.165, 1.54) is 0 Å². The molecular formula is C15H18N4O4. The number of amides is 1. The lowest BCUT2D eigenvalue weighted by molar-refractivity contribution is 0.0223. The molecule has 2 aliphatic heterocycles. The van der Waals surface area contributed by atoms with E-state index >= 15 is 0 Å². The quantitative estimate of drug-likeness (QED) is 0.829. The van der Waals surface area contributed by atoms with Crippen molar-refractivity contribution in [2.24, 2.45) is 5.92 Å². The predicted octanol–water partition coefficient (Wildman–Crippen LogP) is 1.59. The van der Waals surface area contributed by atoms with Crippen molar-refractivity contribution in [3.8, 4) is 0 Å². The molecule has 0 aliphatic carbocycles. The number of hydrogen-bond donors (Lipinski definition) is 0. The van der Waals surface area contributed by atoms with E-state index in [9.17, 15) is 4.79 Å². The van der Waals surface area contributed by atoms with Crippen LogP contribution < -0.4 is 0 Å². The van der Waals surface area contributed by atoms with E-state index in [0.717, 1.165) is 6.42 Å². The summed E-state index contributed by atoms with van der Waals surface area (Å²) in [6.45, 7) is 6.53. The molecule has 4 heterocycles. The Hall–Kier alpha value is -2.22. The number of nitrogens with zero attached hydrogens (tertiary/aromatic N) is 4. The molecule has 1 amide bonds. The van der Waals surface area contributed by atoms with Gasteiger partial charge in [0.15, 0.2) is 0 Å². The number of carbonyl (C=O) groups excluding carboxylic acids is 1. The fourth-order valence-electron chi connectivity index (χ4n) is 3.48. The third-order valence-corrected chi connectivity index (χ3v) is 4.59. The number of aromatic nitrogens is 3. The number of aryl methyl sites for hydroxylation is 3. The van der Waals surface area contributed by atoms with E-state index in [2.05, 4.69) is 15.4 Å². The minimum Gasteiger partial charge on any atom is -0.423 e. The molecule has 0 N–H and O–H groups in total. The van der Waals surface area contributed by atoms with Gasteiger partial charge in [0.1, 0.15) is 17.4 Å². The van der Waals surface area contributed by atoms with Gasteiger partial charge in [-0.2, -0.15) is 0 Å². The Kier molecular flexibility index (Phi) is 3.22. The summed E-state index contributed by atoms with van der Waals surface area (Å²) in [5, 5.41) is 11.7. The highest BCUT2D eigenvalue weighted by molar-refractivity contribution is 5.96. The molecule has 0 unspecified atom stereocenters. The number of carbonyl (C=O) groups is 1. The zero-order valence-corrected chi connectivity index (χ0v) is 13.3. The van der Waals surface area contributed by atoms with E-state index in [4.69, 9.17) is 13.7 Å². The fourth-order valence-corrected chi connectivity index (χ4v) is 3.48. The Balaban J connectivity index is 1.45. The summed E-state index contributed by atoms with van der Waals surface area (Å²) in [5.74, 6) is 1.88. The van der Waals surface area contributed by atoms with Gasteiger partial charge in [0.05, 0.1) is 11.8 Å². The first-order valence-corrected chi connectivity index (χ1v) is 7.70. The third kappa shape index (κ3) is 2.33.